The average Bonchev–Trinajstić information content (AvgIpc) is 2.09. The van der Waals surface area contributed by atoms with Gasteiger partial charge in [-0.25, -0.2) is 4.79 Å². The smallest absolute Gasteiger partial charge is 0.320 e. The molecule has 0 aromatic heterocycles. The van der Waals surface area contributed by atoms with E-state index < -0.39 is 0 Å². The molecule has 5 heteroatoms. The van der Waals surface area contributed by atoms with Crippen LogP contribution >= 0.6 is 15.9 Å². The summed E-state index contributed by atoms with van der Waals surface area (Å²) < 4.78 is 0. The van der Waals surface area contributed by atoms with Gasteiger partial charge in [-0.3, -0.25) is 9.69 Å². The molecule has 0 N–H and O–H groups in total. The molecule has 0 bridgehead atoms. The molecule has 1 aliphatic rings. The molecule has 3 amide bonds. The summed E-state index contributed by atoms with van der Waals surface area (Å²) in [7, 11) is 1.53. The lowest BCUT2D eigenvalue weighted by Crippen LogP contribution is -2.55. The van der Waals surface area contributed by atoms with Gasteiger partial charge < -0.3 is 4.90 Å². The SMILES string of the molecule is CC(Br)CN1C(=O)N(C)C(=O)CC1C. The van der Waals surface area contributed by atoms with Crippen molar-refractivity contribution in [3.8, 4) is 0 Å². The summed E-state index contributed by atoms with van der Waals surface area (Å²) in [4.78, 5) is 26.2. The molecule has 0 aliphatic carbocycles. The van der Waals surface area contributed by atoms with Crippen LogP contribution in [0.25, 0.3) is 0 Å². The van der Waals surface area contributed by atoms with Crippen molar-refractivity contribution in [3.05, 3.63) is 0 Å². The number of hydrogen-bond acceptors (Lipinski definition) is 2. The van der Waals surface area contributed by atoms with Crippen LogP contribution in [0.15, 0.2) is 0 Å². The standard InChI is InChI=1S/C9H15BrN2O2/c1-6(10)5-12-7(2)4-8(13)11(3)9(12)14/h6-7H,4-5H2,1-3H3. The number of imide groups is 1. The topological polar surface area (TPSA) is 40.6 Å². The molecule has 0 spiro atoms. The van der Waals surface area contributed by atoms with Gasteiger partial charge in [-0.1, -0.05) is 22.9 Å². The van der Waals surface area contributed by atoms with Crippen molar-refractivity contribution >= 4 is 27.9 Å². The van der Waals surface area contributed by atoms with E-state index in [1.54, 1.807) is 4.90 Å². The van der Waals surface area contributed by atoms with Crippen LogP contribution in [0.3, 0.4) is 0 Å². The van der Waals surface area contributed by atoms with E-state index in [-0.39, 0.29) is 22.8 Å². The predicted molar refractivity (Wildman–Crippen MR) is 57.3 cm³/mol. The van der Waals surface area contributed by atoms with E-state index in [1.165, 1.54) is 11.9 Å². The fraction of sp³-hybridized carbons (Fsp3) is 0.778. The van der Waals surface area contributed by atoms with Crippen LogP contribution in [0.5, 0.6) is 0 Å². The Bertz CT molecular complexity index is 255. The Morgan fingerprint density at radius 3 is 2.64 bits per heavy atom. The normalized spacial score (nSPS) is 25.6. The summed E-state index contributed by atoms with van der Waals surface area (Å²) in [6, 6.07) is -0.189. The van der Waals surface area contributed by atoms with Gasteiger partial charge in [-0.15, -0.1) is 0 Å². The summed E-state index contributed by atoms with van der Waals surface area (Å²) in [6.45, 7) is 4.52. The number of carbonyl (C=O) groups excluding carboxylic acids is 2. The predicted octanol–water partition coefficient (Wildman–Crippen LogP) is 1.44. The molecule has 0 aromatic carbocycles. The Kier molecular flexibility index (Phi) is 3.53. The molecule has 14 heavy (non-hydrogen) atoms. The fourth-order valence-corrected chi connectivity index (χ4v) is 1.83. The quantitative estimate of drug-likeness (QED) is 0.707. The summed E-state index contributed by atoms with van der Waals surface area (Å²) in [5.41, 5.74) is 0. The number of amides is 3. The summed E-state index contributed by atoms with van der Waals surface area (Å²) in [5.74, 6) is -0.0963. The maximum Gasteiger partial charge on any atom is 0.326 e. The van der Waals surface area contributed by atoms with Crippen molar-refractivity contribution in [1.29, 1.82) is 0 Å². The number of urea groups is 1. The maximum atomic E-state index is 11.7. The zero-order chi connectivity index (χ0) is 10.9. The van der Waals surface area contributed by atoms with E-state index in [1.807, 2.05) is 13.8 Å². The van der Waals surface area contributed by atoms with E-state index >= 15 is 0 Å². The lowest BCUT2D eigenvalue weighted by Gasteiger charge is -2.37. The van der Waals surface area contributed by atoms with Gasteiger partial charge in [0.15, 0.2) is 0 Å². The second-order valence-electron chi connectivity index (χ2n) is 3.72. The minimum absolute atomic E-state index is 0.00574. The Morgan fingerprint density at radius 1 is 1.57 bits per heavy atom. The molecule has 0 radical (unpaired) electrons. The number of rotatable bonds is 2. The van der Waals surface area contributed by atoms with Crippen LogP contribution in [0.1, 0.15) is 20.3 Å². The van der Waals surface area contributed by atoms with Gasteiger partial charge >= 0.3 is 6.03 Å². The zero-order valence-corrected chi connectivity index (χ0v) is 10.2. The second-order valence-corrected chi connectivity index (χ2v) is 5.28. The second kappa shape index (κ2) is 4.29. The number of nitrogens with zero attached hydrogens (tertiary/aromatic N) is 2. The molecule has 1 saturated heterocycles. The van der Waals surface area contributed by atoms with Crippen LogP contribution in [-0.2, 0) is 4.79 Å². The van der Waals surface area contributed by atoms with Crippen LogP contribution in [0.2, 0.25) is 0 Å². The van der Waals surface area contributed by atoms with Gasteiger partial charge in [-0.05, 0) is 6.92 Å². The van der Waals surface area contributed by atoms with Crippen molar-refractivity contribution in [2.45, 2.75) is 31.1 Å². The van der Waals surface area contributed by atoms with E-state index in [0.717, 1.165) is 0 Å². The maximum absolute atomic E-state index is 11.7. The van der Waals surface area contributed by atoms with Crippen LogP contribution in [0.4, 0.5) is 4.79 Å². The summed E-state index contributed by atoms with van der Waals surface area (Å²) in [5, 5.41) is 0. The van der Waals surface area contributed by atoms with Gasteiger partial charge in [0.1, 0.15) is 0 Å². The molecule has 1 aliphatic heterocycles. The molecule has 0 aromatic rings. The molecule has 1 rings (SSSR count). The lowest BCUT2D eigenvalue weighted by atomic mass is 10.1. The Balaban J connectivity index is 2.74. The first-order chi connectivity index (χ1) is 6.43. The Hall–Kier alpha value is -0.580. The first-order valence-corrected chi connectivity index (χ1v) is 5.56. The van der Waals surface area contributed by atoms with Crippen LogP contribution in [-0.4, -0.2) is 46.2 Å². The number of hydrogen-bond donors (Lipinski definition) is 0. The zero-order valence-electron chi connectivity index (χ0n) is 8.66. The Morgan fingerprint density at radius 2 is 2.14 bits per heavy atom. The highest BCUT2D eigenvalue weighted by molar-refractivity contribution is 9.09. The van der Waals surface area contributed by atoms with Gasteiger partial charge in [0.05, 0.1) is 0 Å². The molecule has 80 valence electrons. The van der Waals surface area contributed by atoms with Crippen molar-refractivity contribution in [2.24, 2.45) is 0 Å². The molecule has 1 fully saturated rings. The first kappa shape index (κ1) is 11.5. The van der Waals surface area contributed by atoms with Crippen molar-refractivity contribution in [2.75, 3.05) is 13.6 Å². The highest BCUT2D eigenvalue weighted by atomic mass is 79.9. The summed E-state index contributed by atoms with van der Waals surface area (Å²) in [6.07, 6.45) is 0.419. The van der Waals surface area contributed by atoms with Crippen LogP contribution in [0, 0.1) is 0 Å². The molecule has 4 nitrogen and oxygen atoms in total. The third-order valence-corrected chi connectivity index (χ3v) is 2.65. The fourth-order valence-electron chi connectivity index (χ4n) is 1.52. The average molecular weight is 263 g/mol. The number of halogens is 1. The molecule has 1 heterocycles. The van der Waals surface area contributed by atoms with Crippen LogP contribution < -0.4 is 0 Å². The van der Waals surface area contributed by atoms with Gasteiger partial charge in [0, 0.05) is 30.9 Å². The molecule has 2 unspecified atom stereocenters. The molecular formula is C9H15BrN2O2. The van der Waals surface area contributed by atoms with E-state index in [4.69, 9.17) is 0 Å². The molecule has 2 atom stereocenters. The van der Waals surface area contributed by atoms with E-state index in [9.17, 15) is 9.59 Å². The van der Waals surface area contributed by atoms with Crippen molar-refractivity contribution in [1.82, 2.24) is 9.80 Å². The van der Waals surface area contributed by atoms with E-state index in [0.29, 0.717) is 13.0 Å². The van der Waals surface area contributed by atoms with Gasteiger partial charge in [0.2, 0.25) is 5.91 Å². The molecular weight excluding hydrogens is 248 g/mol. The largest absolute Gasteiger partial charge is 0.326 e. The molecule has 0 saturated carbocycles. The minimum Gasteiger partial charge on any atom is -0.320 e. The van der Waals surface area contributed by atoms with Gasteiger partial charge in [0.25, 0.3) is 0 Å². The van der Waals surface area contributed by atoms with E-state index in [2.05, 4.69) is 15.9 Å². The number of carbonyl (C=O) groups is 2. The lowest BCUT2D eigenvalue weighted by molar-refractivity contribution is -0.131. The monoisotopic (exact) mass is 262 g/mol. The highest BCUT2D eigenvalue weighted by Gasteiger charge is 2.34. The van der Waals surface area contributed by atoms with Crippen molar-refractivity contribution < 1.29 is 9.59 Å². The van der Waals surface area contributed by atoms with Gasteiger partial charge in [-0.2, -0.15) is 0 Å². The third kappa shape index (κ3) is 2.26. The number of alkyl halides is 1. The van der Waals surface area contributed by atoms with Crippen molar-refractivity contribution in [3.63, 3.8) is 0 Å². The first-order valence-electron chi connectivity index (χ1n) is 4.64. The summed E-state index contributed by atoms with van der Waals surface area (Å²) >= 11 is 3.40. The Labute approximate surface area is 92.4 Å². The third-order valence-electron chi connectivity index (χ3n) is 2.36. The highest BCUT2D eigenvalue weighted by Crippen LogP contribution is 2.17. The minimum atomic E-state index is -0.194.